The molecule has 28 heavy (non-hydrogen) atoms. The molecule has 0 saturated heterocycles. The number of rotatable bonds is 6. The van der Waals surface area contributed by atoms with Crippen LogP contribution in [0.4, 0.5) is 15.9 Å². The van der Waals surface area contributed by atoms with Crippen molar-refractivity contribution in [2.24, 2.45) is 10.7 Å². The second kappa shape index (κ2) is 8.61. The summed E-state index contributed by atoms with van der Waals surface area (Å²) in [5.74, 6) is -0.592. The zero-order valence-corrected chi connectivity index (χ0v) is 16.0. The summed E-state index contributed by atoms with van der Waals surface area (Å²) in [7, 11) is 0. The van der Waals surface area contributed by atoms with Gasteiger partial charge in [0.2, 0.25) is 11.7 Å². The number of nitrogens with two attached hydrogens (primary N) is 1. The molecular weight excluding hydrogens is 433 g/mol. The summed E-state index contributed by atoms with van der Waals surface area (Å²) in [5.41, 5.74) is 7.27. The first-order valence-corrected chi connectivity index (χ1v) is 8.91. The van der Waals surface area contributed by atoms with E-state index in [-0.39, 0.29) is 39.9 Å². The van der Waals surface area contributed by atoms with Gasteiger partial charge in [-0.05, 0) is 68.6 Å². The second-order valence-corrected chi connectivity index (χ2v) is 6.63. The third-order valence-corrected chi connectivity index (χ3v) is 4.33. The van der Waals surface area contributed by atoms with Crippen LogP contribution in [0, 0.1) is 5.82 Å². The van der Waals surface area contributed by atoms with E-state index in [1.165, 1.54) is 18.2 Å². The number of carbonyl (C=O) groups is 1. The molecule has 10 heteroatoms. The van der Waals surface area contributed by atoms with E-state index in [2.05, 4.69) is 41.2 Å². The Labute approximate surface area is 167 Å². The Kier molecular flexibility index (Phi) is 5.99. The van der Waals surface area contributed by atoms with Gasteiger partial charge in [-0.3, -0.25) is 4.79 Å². The lowest BCUT2D eigenvalue weighted by Crippen LogP contribution is -2.19. The minimum Gasteiger partial charge on any atom is -0.508 e. The van der Waals surface area contributed by atoms with Gasteiger partial charge in [-0.25, -0.2) is 14.0 Å². The quantitative estimate of drug-likeness (QED) is 0.393. The number of anilines is 1. The largest absolute Gasteiger partial charge is 0.508 e. The molecule has 0 spiro atoms. The lowest BCUT2D eigenvalue weighted by molar-refractivity contribution is -0.116. The number of amides is 1. The Balaban J connectivity index is 1.66. The summed E-state index contributed by atoms with van der Waals surface area (Å²) < 4.78 is 18.2. The Bertz CT molecular complexity index is 1020. The van der Waals surface area contributed by atoms with Crippen molar-refractivity contribution in [1.82, 2.24) is 10.3 Å². The van der Waals surface area contributed by atoms with E-state index in [9.17, 15) is 14.3 Å². The SMILES string of the molecule is NC(=Nc1ccc(F)c(Br)c1)c1nonc1NC(=O)CCc1ccc(O)cc1. The average molecular weight is 448 g/mol. The van der Waals surface area contributed by atoms with Crippen LogP contribution in [-0.2, 0) is 11.2 Å². The molecule has 8 nitrogen and oxygen atoms in total. The highest BCUT2D eigenvalue weighted by Crippen LogP contribution is 2.23. The molecule has 0 unspecified atom stereocenters. The number of hydrogen-bond acceptors (Lipinski definition) is 6. The maximum absolute atomic E-state index is 13.3. The number of aromatic hydroxyl groups is 1. The third kappa shape index (κ3) is 4.92. The molecule has 4 N–H and O–H groups in total. The molecule has 0 fully saturated rings. The zero-order valence-electron chi connectivity index (χ0n) is 14.4. The van der Waals surface area contributed by atoms with Crippen molar-refractivity contribution >= 4 is 39.2 Å². The monoisotopic (exact) mass is 447 g/mol. The number of nitrogens with one attached hydrogen (secondary N) is 1. The average Bonchev–Trinajstić information content (AvgIpc) is 3.12. The van der Waals surface area contributed by atoms with Crippen molar-refractivity contribution in [3.8, 4) is 5.75 Å². The number of halogens is 2. The first-order chi connectivity index (χ1) is 13.4. The molecule has 3 aromatic rings. The van der Waals surface area contributed by atoms with Crippen LogP contribution in [0.25, 0.3) is 0 Å². The van der Waals surface area contributed by atoms with Crippen molar-refractivity contribution < 1.29 is 18.9 Å². The van der Waals surface area contributed by atoms with Gasteiger partial charge in [0.1, 0.15) is 11.6 Å². The van der Waals surface area contributed by atoms with Crippen LogP contribution >= 0.6 is 15.9 Å². The predicted molar refractivity (Wildman–Crippen MR) is 104 cm³/mol. The molecule has 0 aliphatic carbocycles. The minimum atomic E-state index is -0.429. The van der Waals surface area contributed by atoms with Crippen LogP contribution in [0.2, 0.25) is 0 Å². The number of benzene rings is 2. The fraction of sp³-hybridized carbons (Fsp3) is 0.111. The molecule has 1 aromatic heterocycles. The summed E-state index contributed by atoms with van der Waals surface area (Å²) in [4.78, 5) is 16.3. The number of aryl methyl sites for hydroxylation is 1. The van der Waals surface area contributed by atoms with Gasteiger partial charge >= 0.3 is 0 Å². The number of aromatic nitrogens is 2. The van der Waals surface area contributed by atoms with Crippen LogP contribution < -0.4 is 11.1 Å². The first kappa shape index (κ1) is 19.5. The molecule has 0 saturated carbocycles. The molecule has 3 rings (SSSR count). The van der Waals surface area contributed by atoms with Crippen LogP contribution in [0.1, 0.15) is 17.7 Å². The Hall–Kier alpha value is -3.27. The van der Waals surface area contributed by atoms with E-state index in [1.54, 1.807) is 24.3 Å². The van der Waals surface area contributed by atoms with E-state index >= 15 is 0 Å². The zero-order chi connectivity index (χ0) is 20.1. The molecule has 0 atom stereocenters. The summed E-state index contributed by atoms with van der Waals surface area (Å²) >= 11 is 3.07. The van der Waals surface area contributed by atoms with Gasteiger partial charge in [0, 0.05) is 6.42 Å². The van der Waals surface area contributed by atoms with E-state index < -0.39 is 5.82 Å². The molecule has 0 bridgehead atoms. The maximum atomic E-state index is 13.3. The second-order valence-electron chi connectivity index (χ2n) is 5.77. The normalized spacial score (nSPS) is 11.4. The minimum absolute atomic E-state index is 0.0399. The number of aliphatic imine (C=N–C) groups is 1. The molecule has 1 amide bonds. The van der Waals surface area contributed by atoms with Gasteiger partial charge in [0.25, 0.3) is 0 Å². The highest BCUT2D eigenvalue weighted by Gasteiger charge is 2.17. The molecule has 1 heterocycles. The molecular formula is C18H15BrFN5O3. The smallest absolute Gasteiger partial charge is 0.226 e. The fourth-order valence-corrected chi connectivity index (χ4v) is 2.67. The summed E-state index contributed by atoms with van der Waals surface area (Å²) in [6.45, 7) is 0. The van der Waals surface area contributed by atoms with Crippen LogP contribution in [-0.4, -0.2) is 27.2 Å². The highest BCUT2D eigenvalue weighted by atomic mass is 79.9. The van der Waals surface area contributed by atoms with Crippen LogP contribution in [0.3, 0.4) is 0 Å². The molecule has 144 valence electrons. The van der Waals surface area contributed by atoms with Crippen LogP contribution in [0.5, 0.6) is 5.75 Å². The first-order valence-electron chi connectivity index (χ1n) is 8.12. The molecule has 0 aliphatic heterocycles. The van der Waals surface area contributed by atoms with Crippen molar-refractivity contribution in [1.29, 1.82) is 0 Å². The highest BCUT2D eigenvalue weighted by molar-refractivity contribution is 9.10. The number of phenols is 1. The van der Waals surface area contributed by atoms with Crippen molar-refractivity contribution in [2.45, 2.75) is 12.8 Å². The molecule has 0 aliphatic rings. The van der Waals surface area contributed by atoms with Crippen molar-refractivity contribution in [3.05, 3.63) is 64.0 Å². The van der Waals surface area contributed by atoms with Gasteiger partial charge in [0.15, 0.2) is 11.5 Å². The number of nitrogens with zero attached hydrogens (tertiary/aromatic N) is 3. The fourth-order valence-electron chi connectivity index (χ4n) is 2.30. The van der Waals surface area contributed by atoms with Crippen molar-refractivity contribution in [2.75, 3.05) is 5.32 Å². The Morgan fingerprint density at radius 3 is 2.71 bits per heavy atom. The lowest BCUT2D eigenvalue weighted by Gasteiger charge is -2.04. The summed E-state index contributed by atoms with van der Waals surface area (Å²) in [5, 5.41) is 19.1. The Morgan fingerprint density at radius 1 is 1.25 bits per heavy atom. The van der Waals surface area contributed by atoms with Gasteiger partial charge in [-0.2, -0.15) is 0 Å². The summed E-state index contributed by atoms with van der Waals surface area (Å²) in [6, 6.07) is 10.7. The maximum Gasteiger partial charge on any atom is 0.226 e. The van der Waals surface area contributed by atoms with Gasteiger partial charge in [-0.1, -0.05) is 12.1 Å². The number of carbonyl (C=O) groups excluding carboxylic acids is 1. The van der Waals surface area contributed by atoms with E-state index in [0.717, 1.165) is 5.56 Å². The number of phenolic OH excluding ortho intramolecular Hbond substituents is 1. The predicted octanol–water partition coefficient (Wildman–Crippen LogP) is 3.29. The van der Waals surface area contributed by atoms with Gasteiger partial charge in [0.05, 0.1) is 10.2 Å². The Morgan fingerprint density at radius 2 is 2.00 bits per heavy atom. The van der Waals surface area contributed by atoms with Gasteiger partial charge < -0.3 is 16.2 Å². The van der Waals surface area contributed by atoms with E-state index in [4.69, 9.17) is 5.73 Å². The molecule has 0 radical (unpaired) electrons. The number of hydrogen-bond donors (Lipinski definition) is 3. The van der Waals surface area contributed by atoms with E-state index in [1.807, 2.05) is 0 Å². The lowest BCUT2D eigenvalue weighted by atomic mass is 10.1. The van der Waals surface area contributed by atoms with Crippen molar-refractivity contribution in [3.63, 3.8) is 0 Å². The standard InChI is InChI=1S/C18H15BrFN5O3/c19-13-9-11(4-7-14(13)20)22-17(21)16-18(25-28-24-16)23-15(27)8-3-10-1-5-12(26)6-2-10/h1-2,4-7,9,26H,3,8H2,(H2,21,22)(H,23,25,27). The van der Waals surface area contributed by atoms with Gasteiger partial charge in [-0.15, -0.1) is 0 Å². The summed E-state index contributed by atoms with van der Waals surface area (Å²) in [6.07, 6.45) is 0.652. The number of amidine groups is 1. The third-order valence-electron chi connectivity index (χ3n) is 3.72. The topological polar surface area (TPSA) is 127 Å². The van der Waals surface area contributed by atoms with E-state index in [0.29, 0.717) is 12.1 Å². The van der Waals surface area contributed by atoms with Crippen LogP contribution in [0.15, 0.2) is 56.6 Å². The molecule has 2 aromatic carbocycles.